The van der Waals surface area contributed by atoms with E-state index in [4.69, 9.17) is 5.26 Å². The number of rotatable bonds is 6. The standard InChI is InChI=1S/C23H16FN5OS/c24-20-9-5-4-8-19(20)22-27-28-23(29(22)18-6-2-1-3-7-18)31-15-21(30)26-17-12-10-16(14-25)11-13-17/h1-13H,15H2,(H,26,30). The summed E-state index contributed by atoms with van der Waals surface area (Å²) in [6.07, 6.45) is 0. The second-order valence-electron chi connectivity index (χ2n) is 6.48. The molecule has 1 amide bonds. The maximum atomic E-state index is 14.4. The zero-order chi connectivity index (χ0) is 21.6. The highest BCUT2D eigenvalue weighted by Crippen LogP contribution is 2.29. The number of nitriles is 1. The van der Waals surface area contributed by atoms with E-state index < -0.39 is 5.82 Å². The fourth-order valence-corrected chi connectivity index (χ4v) is 3.70. The van der Waals surface area contributed by atoms with E-state index in [-0.39, 0.29) is 11.7 Å². The third-order valence-corrected chi connectivity index (χ3v) is 5.32. The Kier molecular flexibility index (Phi) is 6.05. The van der Waals surface area contributed by atoms with Gasteiger partial charge in [0.1, 0.15) is 5.82 Å². The summed E-state index contributed by atoms with van der Waals surface area (Å²) in [5.41, 5.74) is 2.21. The third-order valence-electron chi connectivity index (χ3n) is 4.39. The molecule has 0 saturated heterocycles. The van der Waals surface area contributed by atoms with Gasteiger partial charge in [0.15, 0.2) is 11.0 Å². The first kappa shape index (κ1) is 20.3. The molecule has 0 aliphatic heterocycles. The largest absolute Gasteiger partial charge is 0.325 e. The van der Waals surface area contributed by atoms with Crippen LogP contribution in [0.1, 0.15) is 5.56 Å². The first-order valence-electron chi connectivity index (χ1n) is 9.34. The number of carbonyl (C=O) groups excluding carboxylic acids is 1. The zero-order valence-corrected chi connectivity index (χ0v) is 17.0. The van der Waals surface area contributed by atoms with Gasteiger partial charge in [-0.2, -0.15) is 5.26 Å². The molecule has 3 aromatic carbocycles. The van der Waals surface area contributed by atoms with Crippen LogP contribution in [0.25, 0.3) is 17.1 Å². The van der Waals surface area contributed by atoms with E-state index in [1.54, 1.807) is 47.0 Å². The molecular weight excluding hydrogens is 413 g/mol. The number of hydrogen-bond donors (Lipinski definition) is 1. The van der Waals surface area contributed by atoms with Crippen molar-refractivity contribution in [1.82, 2.24) is 14.8 Å². The minimum atomic E-state index is -0.401. The lowest BCUT2D eigenvalue weighted by atomic mass is 10.2. The molecular formula is C23H16FN5OS. The topological polar surface area (TPSA) is 83.6 Å². The first-order chi connectivity index (χ1) is 15.2. The average Bonchev–Trinajstić information content (AvgIpc) is 3.23. The Morgan fingerprint density at radius 3 is 2.42 bits per heavy atom. The molecule has 31 heavy (non-hydrogen) atoms. The van der Waals surface area contributed by atoms with Crippen LogP contribution in [0.3, 0.4) is 0 Å². The van der Waals surface area contributed by atoms with Crippen molar-refractivity contribution in [3.63, 3.8) is 0 Å². The van der Waals surface area contributed by atoms with Crippen LogP contribution in [0.5, 0.6) is 0 Å². The maximum Gasteiger partial charge on any atom is 0.234 e. The summed E-state index contributed by atoms with van der Waals surface area (Å²) in [6, 6.07) is 24.4. The SMILES string of the molecule is N#Cc1ccc(NC(=O)CSc2nnc(-c3ccccc3F)n2-c2ccccc2)cc1. The Hall–Kier alpha value is -3.96. The van der Waals surface area contributed by atoms with Crippen LogP contribution in [0.4, 0.5) is 10.1 Å². The second-order valence-corrected chi connectivity index (χ2v) is 7.43. The lowest BCUT2D eigenvalue weighted by molar-refractivity contribution is -0.113. The number of anilines is 1. The Morgan fingerprint density at radius 1 is 1.00 bits per heavy atom. The van der Waals surface area contributed by atoms with Crippen LogP contribution in [0, 0.1) is 17.1 Å². The van der Waals surface area contributed by atoms with Crippen LogP contribution < -0.4 is 5.32 Å². The van der Waals surface area contributed by atoms with E-state index in [1.807, 2.05) is 36.4 Å². The molecule has 4 rings (SSSR count). The van der Waals surface area contributed by atoms with Crippen LogP contribution in [0.15, 0.2) is 84.0 Å². The van der Waals surface area contributed by atoms with Crippen molar-refractivity contribution >= 4 is 23.4 Å². The smallest absolute Gasteiger partial charge is 0.234 e. The number of para-hydroxylation sites is 1. The van der Waals surface area contributed by atoms with Gasteiger partial charge in [0.2, 0.25) is 5.91 Å². The monoisotopic (exact) mass is 429 g/mol. The van der Waals surface area contributed by atoms with Crippen molar-refractivity contribution in [3.8, 4) is 23.1 Å². The van der Waals surface area contributed by atoms with Gasteiger partial charge in [0.25, 0.3) is 0 Å². The van der Waals surface area contributed by atoms with E-state index in [9.17, 15) is 9.18 Å². The Bertz CT molecular complexity index is 1250. The van der Waals surface area contributed by atoms with E-state index in [1.165, 1.54) is 17.8 Å². The van der Waals surface area contributed by atoms with Crippen molar-refractivity contribution in [2.45, 2.75) is 5.16 Å². The molecule has 0 fully saturated rings. The number of halogens is 1. The van der Waals surface area contributed by atoms with E-state index >= 15 is 0 Å². The summed E-state index contributed by atoms with van der Waals surface area (Å²) in [5, 5.41) is 20.5. The molecule has 0 radical (unpaired) electrons. The molecule has 0 bridgehead atoms. The van der Waals surface area contributed by atoms with Crippen molar-refractivity contribution in [2.24, 2.45) is 0 Å². The third kappa shape index (κ3) is 4.63. The number of carbonyl (C=O) groups is 1. The summed E-state index contributed by atoms with van der Waals surface area (Å²) >= 11 is 1.20. The number of amides is 1. The fraction of sp³-hybridized carbons (Fsp3) is 0.0435. The second kappa shape index (κ2) is 9.24. The predicted molar refractivity (Wildman–Crippen MR) is 117 cm³/mol. The quantitative estimate of drug-likeness (QED) is 0.450. The molecule has 0 aliphatic carbocycles. The van der Waals surface area contributed by atoms with Crippen molar-refractivity contribution in [3.05, 3.63) is 90.2 Å². The molecule has 6 nitrogen and oxygen atoms in total. The van der Waals surface area contributed by atoms with Gasteiger partial charge >= 0.3 is 0 Å². The van der Waals surface area contributed by atoms with Gasteiger partial charge in [-0.25, -0.2) is 4.39 Å². The minimum Gasteiger partial charge on any atom is -0.325 e. The van der Waals surface area contributed by atoms with Crippen LogP contribution in [-0.4, -0.2) is 26.4 Å². The minimum absolute atomic E-state index is 0.0856. The summed E-state index contributed by atoms with van der Waals surface area (Å²) in [4.78, 5) is 12.4. The molecule has 0 atom stereocenters. The van der Waals surface area contributed by atoms with Gasteiger partial charge in [-0.1, -0.05) is 42.1 Å². The fourth-order valence-electron chi connectivity index (χ4n) is 2.95. The number of thioether (sulfide) groups is 1. The van der Waals surface area contributed by atoms with E-state index in [0.717, 1.165) is 5.69 Å². The zero-order valence-electron chi connectivity index (χ0n) is 16.2. The number of hydrogen-bond acceptors (Lipinski definition) is 5. The van der Waals surface area contributed by atoms with Crippen LogP contribution in [0.2, 0.25) is 0 Å². The number of aromatic nitrogens is 3. The average molecular weight is 429 g/mol. The molecule has 0 saturated carbocycles. The highest BCUT2D eigenvalue weighted by atomic mass is 32.2. The van der Waals surface area contributed by atoms with E-state index in [2.05, 4.69) is 15.5 Å². The Balaban J connectivity index is 1.57. The number of nitrogens with one attached hydrogen (secondary N) is 1. The van der Waals surface area contributed by atoms with Crippen molar-refractivity contribution in [1.29, 1.82) is 5.26 Å². The lowest BCUT2D eigenvalue weighted by Crippen LogP contribution is -2.14. The first-order valence-corrected chi connectivity index (χ1v) is 10.3. The highest BCUT2D eigenvalue weighted by Gasteiger charge is 2.19. The number of nitrogens with zero attached hydrogens (tertiary/aromatic N) is 4. The van der Waals surface area contributed by atoms with E-state index in [0.29, 0.717) is 27.8 Å². The van der Waals surface area contributed by atoms with Gasteiger partial charge in [-0.05, 0) is 48.5 Å². The van der Waals surface area contributed by atoms with Gasteiger partial charge in [-0.15, -0.1) is 10.2 Å². The summed E-state index contributed by atoms with van der Waals surface area (Å²) in [5.74, 6) is -0.186. The van der Waals surface area contributed by atoms with Gasteiger partial charge < -0.3 is 5.32 Å². The molecule has 0 spiro atoms. The maximum absolute atomic E-state index is 14.4. The van der Waals surface area contributed by atoms with Crippen molar-refractivity contribution in [2.75, 3.05) is 11.1 Å². The normalized spacial score (nSPS) is 10.5. The van der Waals surface area contributed by atoms with Gasteiger partial charge in [-0.3, -0.25) is 9.36 Å². The molecule has 0 aliphatic rings. The molecule has 4 aromatic rings. The summed E-state index contributed by atoms with van der Waals surface area (Å²) < 4.78 is 16.2. The van der Waals surface area contributed by atoms with Crippen molar-refractivity contribution < 1.29 is 9.18 Å². The predicted octanol–water partition coefficient (Wildman–Crippen LogP) is 4.68. The molecule has 1 aromatic heterocycles. The molecule has 1 heterocycles. The lowest BCUT2D eigenvalue weighted by Gasteiger charge is -2.11. The Labute approximate surface area is 182 Å². The highest BCUT2D eigenvalue weighted by molar-refractivity contribution is 7.99. The summed E-state index contributed by atoms with van der Waals surface area (Å²) in [7, 11) is 0. The van der Waals surface area contributed by atoms with Gasteiger partial charge in [0, 0.05) is 11.4 Å². The number of benzene rings is 3. The molecule has 152 valence electrons. The molecule has 8 heteroatoms. The molecule has 1 N–H and O–H groups in total. The summed E-state index contributed by atoms with van der Waals surface area (Å²) in [6.45, 7) is 0. The Morgan fingerprint density at radius 2 is 1.71 bits per heavy atom. The molecule has 0 unspecified atom stereocenters. The van der Waals surface area contributed by atoms with Gasteiger partial charge in [0.05, 0.1) is 22.9 Å². The van der Waals surface area contributed by atoms with Crippen LogP contribution in [-0.2, 0) is 4.79 Å². The van der Waals surface area contributed by atoms with Crippen LogP contribution >= 0.6 is 11.8 Å².